The van der Waals surface area contributed by atoms with E-state index in [0.29, 0.717) is 17.8 Å². The molecule has 1 aliphatic carbocycles. The maximum absolute atomic E-state index is 2.28. The van der Waals surface area contributed by atoms with Crippen LogP contribution in [0.4, 0.5) is 0 Å². The Morgan fingerprint density at radius 3 is 0.522 bits per heavy atom. The predicted octanol–water partition coefficient (Wildman–Crippen LogP) is 40.8. The van der Waals surface area contributed by atoms with E-state index in [1.54, 1.807) is 0 Å². The third-order valence-electron chi connectivity index (χ3n) is 13.8. The van der Waals surface area contributed by atoms with Crippen LogP contribution in [0.25, 0.3) is 54.2 Å². The van der Waals surface area contributed by atoms with Gasteiger partial charge in [0.15, 0.2) is 0 Å². The van der Waals surface area contributed by atoms with Crippen LogP contribution in [0.1, 0.15) is 361 Å². The van der Waals surface area contributed by atoms with Gasteiger partial charge in [-0.15, -0.1) is 0 Å². The van der Waals surface area contributed by atoms with Crippen molar-refractivity contribution >= 4 is 43.1 Å². The number of benzene rings is 12. The zero-order valence-electron chi connectivity index (χ0n) is 82.8. The fourth-order valence-electron chi connectivity index (χ4n) is 9.34. The van der Waals surface area contributed by atoms with Crippen LogP contribution in [0.2, 0.25) is 0 Å². The summed E-state index contributed by atoms with van der Waals surface area (Å²) in [6, 6.07) is 101. The second-order valence-corrected chi connectivity index (χ2v) is 20.3. The molecule has 0 spiro atoms. The van der Waals surface area contributed by atoms with Gasteiger partial charge in [-0.1, -0.05) is 590 Å². The summed E-state index contributed by atoms with van der Waals surface area (Å²) in [6.45, 7) is 89.4. The second-order valence-electron chi connectivity index (χ2n) is 20.3. The molecule has 0 nitrogen and oxygen atoms in total. The van der Waals surface area contributed by atoms with Crippen LogP contribution in [-0.2, 0) is 12.8 Å². The lowest BCUT2D eigenvalue weighted by Crippen LogP contribution is -1.85. The SMILES string of the molecule is CC.CC.CC.CC.CC.CC.CC.CC.CC.CC.CC.CC.CC.CC.CC.CC.CC.CC.CC.CC(C)c1ccc2ccccc2c1.CC(C)c1ccc2ccccc2c1.CC(C)c1ccc2ccccc2c1.c1ccc(Cc2ccccc2)cc1.c1ccc2c(c1)Cc1ccccc1-2.c1ccc2ccccc2c1. The first-order valence-corrected chi connectivity index (χ1v) is 45.8. The maximum atomic E-state index is 2.28. The number of hydrogen-bond donors (Lipinski definition) is 0. The zero-order chi connectivity index (χ0) is 90.2. The Morgan fingerprint density at radius 1 is 0.168 bits per heavy atom. The van der Waals surface area contributed by atoms with Crippen molar-refractivity contribution in [3.63, 3.8) is 0 Å². The molecule has 13 rings (SSSR count). The van der Waals surface area contributed by atoms with E-state index in [9.17, 15) is 0 Å². The van der Waals surface area contributed by atoms with Crippen LogP contribution in [0.3, 0.4) is 0 Å². The molecule has 0 aliphatic heterocycles. The fourth-order valence-corrected chi connectivity index (χ4v) is 9.34. The van der Waals surface area contributed by atoms with Crippen LogP contribution in [0.15, 0.2) is 285 Å². The van der Waals surface area contributed by atoms with Gasteiger partial charge >= 0.3 is 0 Å². The molecule has 113 heavy (non-hydrogen) atoms. The topological polar surface area (TPSA) is 0 Å². The largest absolute Gasteiger partial charge is 0.0683 e. The molecular formula is C113H186. The summed E-state index contributed by atoms with van der Waals surface area (Å²) in [5.41, 5.74) is 12.7. The van der Waals surface area contributed by atoms with Crippen molar-refractivity contribution in [1.82, 2.24) is 0 Å². The summed E-state index contributed by atoms with van der Waals surface area (Å²) in [5, 5.41) is 10.6. The Balaban J connectivity index is -0.0000000998. The van der Waals surface area contributed by atoms with Crippen LogP contribution >= 0.6 is 0 Å². The number of fused-ring (bicyclic) bond motifs is 7. The monoisotopic (exact) mass is 1540 g/mol. The van der Waals surface area contributed by atoms with E-state index in [4.69, 9.17) is 0 Å². The molecule has 0 atom stereocenters. The van der Waals surface area contributed by atoms with E-state index in [1.807, 2.05) is 263 Å². The van der Waals surface area contributed by atoms with E-state index in [2.05, 4.69) is 327 Å². The van der Waals surface area contributed by atoms with Crippen molar-refractivity contribution in [2.75, 3.05) is 0 Å². The average molecular weight is 1540 g/mol. The molecule has 0 saturated carbocycles. The molecule has 1 aliphatic rings. The van der Waals surface area contributed by atoms with Gasteiger partial charge in [0.25, 0.3) is 0 Å². The van der Waals surface area contributed by atoms with Crippen molar-refractivity contribution in [2.45, 2.75) is 335 Å². The van der Waals surface area contributed by atoms with E-state index in [0.717, 1.165) is 12.8 Å². The first-order valence-electron chi connectivity index (χ1n) is 45.8. The summed E-state index contributed by atoms with van der Waals surface area (Å²) in [5.74, 6) is 1.85. The van der Waals surface area contributed by atoms with E-state index in [1.165, 1.54) is 93.2 Å². The molecule has 0 heteroatoms. The minimum atomic E-state index is 0.615. The Kier molecular flexibility index (Phi) is 125. The van der Waals surface area contributed by atoms with Gasteiger partial charge in [0.05, 0.1) is 0 Å². The van der Waals surface area contributed by atoms with Crippen LogP contribution in [0, 0.1) is 0 Å². The molecule has 0 bridgehead atoms. The van der Waals surface area contributed by atoms with Gasteiger partial charge in [0.1, 0.15) is 0 Å². The highest BCUT2D eigenvalue weighted by Crippen LogP contribution is 2.36. The van der Waals surface area contributed by atoms with Crippen LogP contribution in [-0.4, -0.2) is 0 Å². The first-order chi connectivity index (χ1) is 55.7. The van der Waals surface area contributed by atoms with Crippen molar-refractivity contribution in [1.29, 1.82) is 0 Å². The Morgan fingerprint density at radius 2 is 0.327 bits per heavy atom. The third-order valence-corrected chi connectivity index (χ3v) is 13.8. The molecule has 0 radical (unpaired) electrons. The highest BCUT2D eigenvalue weighted by atomic mass is 14.2. The number of hydrogen-bond acceptors (Lipinski definition) is 0. The van der Waals surface area contributed by atoms with Gasteiger partial charge < -0.3 is 0 Å². The molecular weight excluding hydrogens is 1360 g/mol. The summed E-state index contributed by atoms with van der Waals surface area (Å²) < 4.78 is 0. The lowest BCUT2D eigenvalue weighted by atomic mass is 9.99. The molecule has 0 heterocycles. The smallest absolute Gasteiger partial charge is 0.00135 e. The Labute approximate surface area is 709 Å². The van der Waals surface area contributed by atoms with E-state index >= 15 is 0 Å². The molecule has 0 saturated heterocycles. The van der Waals surface area contributed by atoms with Gasteiger partial charge in [0, 0.05) is 0 Å². The molecule has 12 aromatic rings. The molecule has 0 aromatic heterocycles. The minimum Gasteiger partial charge on any atom is -0.0683 e. The van der Waals surface area contributed by atoms with Crippen LogP contribution < -0.4 is 0 Å². The average Bonchev–Trinajstić information content (AvgIpc) is 1.74. The second kappa shape index (κ2) is 108. The maximum Gasteiger partial charge on any atom is -0.00135 e. The van der Waals surface area contributed by atoms with Crippen molar-refractivity contribution in [3.05, 3.63) is 324 Å². The molecule has 0 N–H and O–H groups in total. The fraction of sp³-hybridized carbons (Fsp3) is 0.434. The summed E-state index contributed by atoms with van der Waals surface area (Å²) in [4.78, 5) is 0. The molecule has 0 unspecified atom stereocenters. The highest BCUT2D eigenvalue weighted by Gasteiger charge is 2.16. The van der Waals surface area contributed by atoms with Crippen LogP contribution in [0.5, 0.6) is 0 Å². The molecule has 0 fully saturated rings. The van der Waals surface area contributed by atoms with Crippen molar-refractivity contribution < 1.29 is 0 Å². The Bertz CT molecular complexity index is 3290. The van der Waals surface area contributed by atoms with Gasteiger partial charge in [-0.3, -0.25) is 0 Å². The van der Waals surface area contributed by atoms with Gasteiger partial charge in [0.2, 0.25) is 0 Å². The molecule has 638 valence electrons. The van der Waals surface area contributed by atoms with Crippen molar-refractivity contribution in [3.8, 4) is 11.1 Å². The van der Waals surface area contributed by atoms with Gasteiger partial charge in [-0.05, 0) is 124 Å². The lowest BCUT2D eigenvalue weighted by Gasteiger charge is -2.06. The summed E-state index contributed by atoms with van der Waals surface area (Å²) >= 11 is 0. The molecule has 12 aromatic carbocycles. The van der Waals surface area contributed by atoms with Crippen molar-refractivity contribution in [2.24, 2.45) is 0 Å². The van der Waals surface area contributed by atoms with Gasteiger partial charge in [-0.2, -0.15) is 0 Å². The number of rotatable bonds is 5. The zero-order valence-corrected chi connectivity index (χ0v) is 82.8. The quantitative estimate of drug-likeness (QED) is 0.161. The molecule has 0 amide bonds. The highest BCUT2D eigenvalue weighted by molar-refractivity contribution is 5.85. The van der Waals surface area contributed by atoms with E-state index < -0.39 is 0 Å². The Hall–Kier alpha value is -8.32. The first kappa shape index (κ1) is 131. The normalized spacial score (nSPS) is 8.24. The predicted molar refractivity (Wildman–Crippen MR) is 544 cm³/mol. The lowest BCUT2D eigenvalue weighted by molar-refractivity contribution is 0.869. The minimum absolute atomic E-state index is 0.615. The summed E-state index contributed by atoms with van der Waals surface area (Å²) in [6.07, 6.45) is 2.13. The summed E-state index contributed by atoms with van der Waals surface area (Å²) in [7, 11) is 0. The van der Waals surface area contributed by atoms with E-state index in [-0.39, 0.29) is 0 Å². The van der Waals surface area contributed by atoms with Gasteiger partial charge in [-0.25, -0.2) is 0 Å². The standard InChI is InChI=1S/C13H10.3C13H14.C13H12.C10H8.19C2H6/c1-3-7-12-10(5-1)9-11-6-2-4-8-13(11)12;3*1-10(2)12-8-7-11-5-3-4-6-13(11)9-12;1-3-7-12(8-4-1)11-13-9-5-2-6-10-13;1-2-6-10-8-4-3-7-9(10)5-1;19*1-2/h1-8H,9H2;3*3-10H,1-2H3;1-10H,11H2;1-8H;19*1-2H3. The third kappa shape index (κ3) is 61.8.